The Labute approximate surface area is 63.8 Å². The minimum atomic E-state index is 0.954. The molecular formula is C7H8N2S. The highest BCUT2D eigenvalue weighted by molar-refractivity contribution is 7.10. The molecule has 0 saturated carbocycles. The van der Waals surface area contributed by atoms with E-state index in [9.17, 15) is 0 Å². The van der Waals surface area contributed by atoms with Crippen LogP contribution >= 0.6 is 11.3 Å². The Morgan fingerprint density at radius 1 is 1.70 bits per heavy atom. The Balaban J connectivity index is 2.43. The molecule has 0 fully saturated rings. The summed E-state index contributed by atoms with van der Waals surface area (Å²) in [7, 11) is 2.05. The minimum absolute atomic E-state index is 0.954. The van der Waals surface area contributed by atoms with Gasteiger partial charge < -0.3 is 4.90 Å². The zero-order chi connectivity index (χ0) is 6.97. The van der Waals surface area contributed by atoms with E-state index in [1.165, 1.54) is 10.6 Å². The van der Waals surface area contributed by atoms with Crippen molar-refractivity contribution in [2.45, 2.75) is 6.54 Å². The van der Waals surface area contributed by atoms with E-state index in [1.54, 1.807) is 11.3 Å². The third-order valence-corrected chi connectivity index (χ3v) is 2.39. The molecule has 10 heavy (non-hydrogen) atoms. The van der Waals surface area contributed by atoms with Gasteiger partial charge in [0.1, 0.15) is 0 Å². The van der Waals surface area contributed by atoms with E-state index in [0.717, 1.165) is 6.54 Å². The average Bonchev–Trinajstić information content (AvgIpc) is 2.33. The van der Waals surface area contributed by atoms with Gasteiger partial charge in [0.25, 0.3) is 0 Å². The van der Waals surface area contributed by atoms with Crippen LogP contribution < -0.4 is 0 Å². The van der Waals surface area contributed by atoms with Crippen molar-refractivity contribution >= 4 is 17.4 Å². The van der Waals surface area contributed by atoms with Gasteiger partial charge in [-0.05, 0) is 6.08 Å². The summed E-state index contributed by atoms with van der Waals surface area (Å²) in [6.45, 7) is 0.954. The molecule has 3 heteroatoms. The SMILES string of the molecule is CN1C=Cc2scnc2C1. The van der Waals surface area contributed by atoms with E-state index in [0.29, 0.717) is 0 Å². The van der Waals surface area contributed by atoms with Gasteiger partial charge in [0.05, 0.1) is 22.6 Å². The fourth-order valence-corrected chi connectivity index (χ4v) is 1.70. The maximum Gasteiger partial charge on any atom is 0.0802 e. The van der Waals surface area contributed by atoms with Crippen LogP contribution in [-0.4, -0.2) is 16.9 Å². The number of aromatic nitrogens is 1. The van der Waals surface area contributed by atoms with Crippen molar-refractivity contribution in [1.82, 2.24) is 9.88 Å². The molecule has 2 heterocycles. The fourth-order valence-electron chi connectivity index (χ4n) is 1.02. The molecule has 0 amide bonds. The summed E-state index contributed by atoms with van der Waals surface area (Å²) < 4.78 is 0. The summed E-state index contributed by atoms with van der Waals surface area (Å²) in [6.07, 6.45) is 4.19. The molecule has 1 aliphatic heterocycles. The molecule has 1 aromatic rings. The van der Waals surface area contributed by atoms with Gasteiger partial charge in [-0.2, -0.15) is 0 Å². The van der Waals surface area contributed by atoms with E-state index >= 15 is 0 Å². The van der Waals surface area contributed by atoms with Crippen LogP contribution in [0.25, 0.3) is 6.08 Å². The molecular weight excluding hydrogens is 144 g/mol. The molecule has 0 spiro atoms. The van der Waals surface area contributed by atoms with Crippen LogP contribution in [-0.2, 0) is 6.54 Å². The van der Waals surface area contributed by atoms with Crippen molar-refractivity contribution in [2.75, 3.05) is 7.05 Å². The smallest absolute Gasteiger partial charge is 0.0802 e. The van der Waals surface area contributed by atoms with Crippen LogP contribution in [0.1, 0.15) is 10.6 Å². The first-order valence-electron chi connectivity index (χ1n) is 3.17. The number of nitrogens with zero attached hydrogens (tertiary/aromatic N) is 2. The lowest BCUT2D eigenvalue weighted by Crippen LogP contribution is -2.13. The highest BCUT2D eigenvalue weighted by Gasteiger charge is 2.08. The monoisotopic (exact) mass is 152 g/mol. The first-order chi connectivity index (χ1) is 4.86. The molecule has 0 N–H and O–H groups in total. The Bertz CT molecular complexity index is 264. The van der Waals surface area contributed by atoms with Crippen LogP contribution in [0.3, 0.4) is 0 Å². The molecule has 1 aliphatic rings. The van der Waals surface area contributed by atoms with Gasteiger partial charge in [0.15, 0.2) is 0 Å². The molecule has 2 nitrogen and oxygen atoms in total. The minimum Gasteiger partial charge on any atom is -0.374 e. The van der Waals surface area contributed by atoms with Crippen molar-refractivity contribution in [1.29, 1.82) is 0 Å². The van der Waals surface area contributed by atoms with Gasteiger partial charge in [0.2, 0.25) is 0 Å². The van der Waals surface area contributed by atoms with Gasteiger partial charge in [0, 0.05) is 13.2 Å². The molecule has 0 unspecified atom stereocenters. The summed E-state index contributed by atoms with van der Waals surface area (Å²) in [5.74, 6) is 0. The molecule has 0 aliphatic carbocycles. The Hall–Kier alpha value is -0.830. The zero-order valence-corrected chi connectivity index (χ0v) is 6.56. The molecule has 1 aromatic heterocycles. The van der Waals surface area contributed by atoms with Crippen molar-refractivity contribution in [3.8, 4) is 0 Å². The Morgan fingerprint density at radius 2 is 2.60 bits per heavy atom. The molecule has 0 saturated heterocycles. The van der Waals surface area contributed by atoms with E-state index < -0.39 is 0 Å². The van der Waals surface area contributed by atoms with Gasteiger partial charge in [-0.25, -0.2) is 4.98 Å². The van der Waals surface area contributed by atoms with E-state index in [4.69, 9.17) is 0 Å². The van der Waals surface area contributed by atoms with Gasteiger partial charge in [-0.15, -0.1) is 11.3 Å². The molecule has 52 valence electrons. The number of hydrogen-bond donors (Lipinski definition) is 0. The topological polar surface area (TPSA) is 16.1 Å². The largest absolute Gasteiger partial charge is 0.374 e. The fraction of sp³-hybridized carbons (Fsp3) is 0.286. The maximum atomic E-state index is 4.23. The van der Waals surface area contributed by atoms with E-state index in [1.807, 2.05) is 5.51 Å². The van der Waals surface area contributed by atoms with Gasteiger partial charge in [-0.1, -0.05) is 0 Å². The Kier molecular flexibility index (Phi) is 1.24. The maximum absolute atomic E-state index is 4.23. The predicted octanol–water partition coefficient (Wildman–Crippen LogP) is 1.56. The summed E-state index contributed by atoms with van der Waals surface area (Å²) in [5.41, 5.74) is 3.10. The van der Waals surface area contributed by atoms with Crippen LogP contribution in [0.5, 0.6) is 0 Å². The number of hydrogen-bond acceptors (Lipinski definition) is 3. The van der Waals surface area contributed by atoms with Crippen molar-refractivity contribution in [2.24, 2.45) is 0 Å². The summed E-state index contributed by atoms with van der Waals surface area (Å²) in [6, 6.07) is 0. The molecule has 0 aromatic carbocycles. The second kappa shape index (κ2) is 2.09. The van der Waals surface area contributed by atoms with Crippen LogP contribution in [0.2, 0.25) is 0 Å². The third kappa shape index (κ3) is 0.827. The molecule has 0 atom stereocenters. The first-order valence-corrected chi connectivity index (χ1v) is 4.05. The second-order valence-corrected chi connectivity index (χ2v) is 3.28. The van der Waals surface area contributed by atoms with Crippen LogP contribution in [0, 0.1) is 0 Å². The summed E-state index contributed by atoms with van der Waals surface area (Å²) in [4.78, 5) is 7.66. The van der Waals surface area contributed by atoms with Gasteiger partial charge >= 0.3 is 0 Å². The highest BCUT2D eigenvalue weighted by atomic mass is 32.1. The summed E-state index contributed by atoms with van der Waals surface area (Å²) >= 11 is 1.70. The van der Waals surface area contributed by atoms with E-state index in [-0.39, 0.29) is 0 Å². The lowest BCUT2D eigenvalue weighted by molar-refractivity contribution is 0.442. The molecule has 0 bridgehead atoms. The quantitative estimate of drug-likeness (QED) is 0.561. The zero-order valence-electron chi connectivity index (χ0n) is 5.74. The average molecular weight is 152 g/mol. The van der Waals surface area contributed by atoms with Crippen molar-refractivity contribution in [3.63, 3.8) is 0 Å². The third-order valence-electron chi connectivity index (χ3n) is 1.55. The Morgan fingerprint density at radius 3 is 3.50 bits per heavy atom. The van der Waals surface area contributed by atoms with E-state index in [2.05, 4.69) is 29.2 Å². The van der Waals surface area contributed by atoms with Crippen molar-refractivity contribution < 1.29 is 0 Å². The highest BCUT2D eigenvalue weighted by Crippen LogP contribution is 2.20. The second-order valence-electron chi connectivity index (χ2n) is 2.39. The number of fused-ring (bicyclic) bond motifs is 1. The van der Waals surface area contributed by atoms with Crippen molar-refractivity contribution in [3.05, 3.63) is 22.3 Å². The van der Waals surface area contributed by atoms with Gasteiger partial charge in [-0.3, -0.25) is 0 Å². The number of thiazole rings is 1. The predicted molar refractivity (Wildman–Crippen MR) is 42.6 cm³/mol. The lowest BCUT2D eigenvalue weighted by atomic mass is 10.3. The summed E-state index contributed by atoms with van der Waals surface area (Å²) in [5, 5.41) is 0. The van der Waals surface area contributed by atoms with Crippen LogP contribution in [0.15, 0.2) is 11.7 Å². The standard InChI is InChI=1S/C7H8N2S/c1-9-3-2-7-6(4-9)8-5-10-7/h2-3,5H,4H2,1H3. The number of rotatable bonds is 0. The van der Waals surface area contributed by atoms with Crippen LogP contribution in [0.4, 0.5) is 0 Å². The molecule has 0 radical (unpaired) electrons. The normalized spacial score (nSPS) is 15.5. The lowest BCUT2D eigenvalue weighted by Gasteiger charge is -2.16. The first kappa shape index (κ1) is 5.92. The molecule has 2 rings (SSSR count).